The van der Waals surface area contributed by atoms with Gasteiger partial charge in [-0.15, -0.1) is 11.8 Å². The van der Waals surface area contributed by atoms with Crippen LogP contribution < -0.4 is 10.6 Å². The van der Waals surface area contributed by atoms with E-state index in [2.05, 4.69) is 38.3 Å². The molecular weight excluding hydrogens is 486 g/mol. The second-order valence-corrected chi connectivity index (χ2v) is 15.1. The van der Waals surface area contributed by atoms with Crippen molar-refractivity contribution in [1.82, 2.24) is 10.2 Å². The van der Waals surface area contributed by atoms with Crippen molar-refractivity contribution < 1.29 is 19.5 Å². The number of aliphatic hydroxyl groups excluding tert-OH is 1. The van der Waals surface area contributed by atoms with Crippen LogP contribution in [0.5, 0.6) is 0 Å². The molecule has 3 aliphatic heterocycles. The smallest absolute Gasteiger partial charge is 0.244 e. The van der Waals surface area contributed by atoms with Crippen LogP contribution >= 0.6 is 11.8 Å². The highest BCUT2D eigenvalue weighted by atomic mass is 32.2. The van der Waals surface area contributed by atoms with Gasteiger partial charge < -0.3 is 20.6 Å². The molecule has 0 radical (unpaired) electrons. The fraction of sp³-hybridized carbons (Fsp3) is 0.690. The number of aliphatic hydroxyl groups is 1. The normalized spacial score (nSPS) is 31.8. The maximum Gasteiger partial charge on any atom is 0.244 e. The summed E-state index contributed by atoms with van der Waals surface area (Å²) in [6, 6.07) is 8.09. The number of carbonyl (C=O) groups is 3. The third kappa shape index (κ3) is 4.91. The molecule has 6 atom stereocenters. The van der Waals surface area contributed by atoms with E-state index in [0.717, 1.165) is 12.8 Å². The van der Waals surface area contributed by atoms with E-state index in [0.29, 0.717) is 18.5 Å². The molecule has 1 aromatic rings. The van der Waals surface area contributed by atoms with Crippen LogP contribution in [0.15, 0.2) is 30.3 Å². The summed E-state index contributed by atoms with van der Waals surface area (Å²) in [5, 5.41) is 16.5. The summed E-state index contributed by atoms with van der Waals surface area (Å²) in [4.78, 5) is 43.7. The zero-order chi connectivity index (χ0) is 27.4. The summed E-state index contributed by atoms with van der Waals surface area (Å²) >= 11 is 1.65. The van der Waals surface area contributed by atoms with Gasteiger partial charge in [0.15, 0.2) is 0 Å². The molecule has 7 nitrogen and oxygen atoms in total. The molecule has 4 rings (SSSR count). The summed E-state index contributed by atoms with van der Waals surface area (Å²) in [5.41, 5.74) is 0.226. The Kier molecular flexibility index (Phi) is 7.25. The first-order valence-electron chi connectivity index (χ1n) is 13.5. The molecule has 3 aliphatic rings. The fourth-order valence-electron chi connectivity index (χ4n) is 7.38. The van der Waals surface area contributed by atoms with E-state index in [-0.39, 0.29) is 29.7 Å². The Hall–Kier alpha value is -2.06. The number of para-hydroxylation sites is 1. The van der Waals surface area contributed by atoms with Gasteiger partial charge in [-0.3, -0.25) is 14.4 Å². The topological polar surface area (TPSA) is 98.7 Å². The number of benzene rings is 1. The summed E-state index contributed by atoms with van der Waals surface area (Å²) in [5.74, 6) is -1.70. The van der Waals surface area contributed by atoms with E-state index in [1.54, 1.807) is 16.7 Å². The number of nitrogens with one attached hydrogen (secondary N) is 2. The average molecular weight is 530 g/mol. The van der Waals surface area contributed by atoms with E-state index < -0.39 is 39.0 Å². The van der Waals surface area contributed by atoms with Crippen molar-refractivity contribution >= 4 is 35.2 Å². The third-order valence-electron chi connectivity index (χ3n) is 8.30. The van der Waals surface area contributed by atoms with E-state index in [1.807, 2.05) is 51.1 Å². The lowest BCUT2D eigenvalue weighted by molar-refractivity contribution is -0.143. The van der Waals surface area contributed by atoms with Crippen LogP contribution in [0.25, 0.3) is 0 Å². The Morgan fingerprint density at radius 1 is 1.14 bits per heavy atom. The molecule has 0 saturated carbocycles. The Balaban J connectivity index is 1.72. The van der Waals surface area contributed by atoms with Crippen molar-refractivity contribution in [3.05, 3.63) is 30.3 Å². The Morgan fingerprint density at radius 2 is 1.78 bits per heavy atom. The van der Waals surface area contributed by atoms with Gasteiger partial charge in [0.05, 0.1) is 29.2 Å². The molecular formula is C29H43N3O4S. The maximum absolute atomic E-state index is 14.2. The van der Waals surface area contributed by atoms with Crippen LogP contribution in [0.4, 0.5) is 5.69 Å². The third-order valence-corrected chi connectivity index (χ3v) is 10.3. The second kappa shape index (κ2) is 9.60. The van der Waals surface area contributed by atoms with Crippen molar-refractivity contribution in [2.45, 2.75) is 101 Å². The molecule has 8 heteroatoms. The molecule has 3 heterocycles. The average Bonchev–Trinajstić information content (AvgIpc) is 3.34. The lowest BCUT2D eigenvalue weighted by atomic mass is 9.66. The summed E-state index contributed by atoms with van der Waals surface area (Å²) in [7, 11) is 0. The highest BCUT2D eigenvalue weighted by Gasteiger charge is 2.77. The molecule has 0 aliphatic carbocycles. The van der Waals surface area contributed by atoms with E-state index in [4.69, 9.17) is 0 Å². The molecule has 0 aromatic heterocycles. The number of hydrogen-bond acceptors (Lipinski definition) is 5. The lowest BCUT2D eigenvalue weighted by Crippen LogP contribution is -2.60. The molecule has 204 valence electrons. The number of carbonyl (C=O) groups excluding carboxylic acids is 3. The number of fused-ring (bicyclic) bond motifs is 1. The van der Waals surface area contributed by atoms with Gasteiger partial charge in [-0.05, 0) is 64.0 Å². The second-order valence-electron chi connectivity index (χ2n) is 13.2. The molecule has 2 bridgehead atoms. The quantitative estimate of drug-likeness (QED) is 0.469. The van der Waals surface area contributed by atoms with E-state index in [9.17, 15) is 19.5 Å². The van der Waals surface area contributed by atoms with Gasteiger partial charge >= 0.3 is 0 Å². The van der Waals surface area contributed by atoms with Crippen LogP contribution in [-0.2, 0) is 14.4 Å². The predicted molar refractivity (Wildman–Crippen MR) is 148 cm³/mol. The molecule has 37 heavy (non-hydrogen) atoms. The first-order valence-corrected chi connectivity index (χ1v) is 14.3. The molecule has 2 unspecified atom stereocenters. The van der Waals surface area contributed by atoms with Gasteiger partial charge in [-0.1, -0.05) is 45.9 Å². The first kappa shape index (κ1) is 28.0. The zero-order valence-electron chi connectivity index (χ0n) is 23.3. The maximum atomic E-state index is 14.2. The van der Waals surface area contributed by atoms with Crippen molar-refractivity contribution in [1.29, 1.82) is 0 Å². The van der Waals surface area contributed by atoms with Crippen molar-refractivity contribution in [3.63, 3.8) is 0 Å². The van der Waals surface area contributed by atoms with Crippen LogP contribution in [0, 0.1) is 17.3 Å². The number of likely N-dealkylation sites (tertiary alicyclic amines) is 1. The van der Waals surface area contributed by atoms with Crippen molar-refractivity contribution in [2.75, 3.05) is 11.9 Å². The molecule has 3 N–H and O–H groups in total. The van der Waals surface area contributed by atoms with Gasteiger partial charge in [0.25, 0.3) is 0 Å². The SMILES string of the molecule is CC[C@@H](CO)N1C(=O)[C@@H]2[C@H](C(=O)Nc3ccccc3)[C@]3(C)CCC2(S3)C1C(=O)NC(C)(C)CC(C)(C)C. The van der Waals surface area contributed by atoms with Gasteiger partial charge in [0.1, 0.15) is 6.04 Å². The van der Waals surface area contributed by atoms with Gasteiger partial charge in [0.2, 0.25) is 17.7 Å². The van der Waals surface area contributed by atoms with E-state index >= 15 is 0 Å². The lowest BCUT2D eigenvalue weighted by Gasteiger charge is -2.40. The van der Waals surface area contributed by atoms with Crippen LogP contribution in [0.1, 0.15) is 74.1 Å². The summed E-state index contributed by atoms with van der Waals surface area (Å²) < 4.78 is -1.14. The van der Waals surface area contributed by atoms with Crippen LogP contribution in [0.3, 0.4) is 0 Å². The van der Waals surface area contributed by atoms with Crippen LogP contribution in [0.2, 0.25) is 0 Å². The summed E-state index contributed by atoms with van der Waals surface area (Å²) in [6.45, 7) is 14.2. The minimum absolute atomic E-state index is 0.00843. The number of hydrogen-bond donors (Lipinski definition) is 3. The highest BCUT2D eigenvalue weighted by Crippen LogP contribution is 2.71. The predicted octanol–water partition coefficient (Wildman–Crippen LogP) is 4.21. The fourth-order valence-corrected chi connectivity index (χ4v) is 9.73. The Morgan fingerprint density at radius 3 is 2.35 bits per heavy atom. The molecule has 3 saturated heterocycles. The van der Waals surface area contributed by atoms with Crippen molar-refractivity contribution in [3.8, 4) is 0 Å². The molecule has 3 amide bonds. The molecule has 1 aromatic carbocycles. The largest absolute Gasteiger partial charge is 0.394 e. The molecule has 1 spiro atoms. The van der Waals surface area contributed by atoms with Gasteiger partial charge in [-0.2, -0.15) is 0 Å². The number of nitrogens with zero attached hydrogens (tertiary/aromatic N) is 1. The number of anilines is 1. The van der Waals surface area contributed by atoms with Crippen molar-refractivity contribution in [2.24, 2.45) is 17.3 Å². The summed E-state index contributed by atoms with van der Waals surface area (Å²) in [6.07, 6.45) is 2.75. The Bertz CT molecular complexity index is 1050. The number of thioether (sulfide) groups is 1. The number of rotatable bonds is 8. The minimum atomic E-state index is -0.734. The van der Waals surface area contributed by atoms with E-state index in [1.165, 1.54) is 0 Å². The minimum Gasteiger partial charge on any atom is -0.394 e. The Labute approximate surface area is 225 Å². The zero-order valence-corrected chi connectivity index (χ0v) is 24.1. The van der Waals surface area contributed by atoms with Gasteiger partial charge in [0, 0.05) is 16.0 Å². The molecule has 3 fully saturated rings. The van der Waals surface area contributed by atoms with Gasteiger partial charge in [-0.25, -0.2) is 0 Å². The monoisotopic (exact) mass is 529 g/mol. The highest BCUT2D eigenvalue weighted by molar-refractivity contribution is 8.02. The first-order chi connectivity index (χ1) is 17.2. The van der Waals surface area contributed by atoms with Crippen LogP contribution in [-0.4, -0.2) is 61.5 Å². The number of amides is 3. The standard InChI is InChI=1S/C29H43N3O4S/c1-8-19(16-33)32-22(24(35)31-27(5,6)17-26(2,3)4)29-15-14-28(7,37-29)20(21(29)25(32)36)23(34)30-18-12-10-9-11-13-18/h9-13,19-22,33H,8,14-17H2,1-7H3,(H,30,34)(H,31,35)/t19-,20+,21-,22?,28-,29?/m0/s1.